The van der Waals surface area contributed by atoms with E-state index in [1.807, 2.05) is 37.3 Å². The molecule has 1 amide bonds. The zero-order chi connectivity index (χ0) is 19.6. The highest BCUT2D eigenvalue weighted by molar-refractivity contribution is 8.00. The molecule has 0 unspecified atom stereocenters. The van der Waals surface area contributed by atoms with E-state index in [2.05, 4.69) is 4.98 Å². The molecule has 27 heavy (non-hydrogen) atoms. The van der Waals surface area contributed by atoms with Crippen LogP contribution in [0.1, 0.15) is 6.92 Å². The summed E-state index contributed by atoms with van der Waals surface area (Å²) in [6, 6.07) is 14.4. The number of carbonyl (C=O) groups is 1. The zero-order valence-electron chi connectivity index (χ0n) is 15.7. The van der Waals surface area contributed by atoms with E-state index >= 15 is 0 Å². The molecule has 0 radical (unpaired) electrons. The fourth-order valence-corrected chi connectivity index (χ4v) is 3.81. The van der Waals surface area contributed by atoms with Crippen molar-refractivity contribution < 1.29 is 9.53 Å². The van der Waals surface area contributed by atoms with Gasteiger partial charge in [-0.15, -0.1) is 0 Å². The Bertz CT molecular complexity index is 1050. The van der Waals surface area contributed by atoms with Crippen molar-refractivity contribution >= 4 is 28.6 Å². The average molecular weight is 383 g/mol. The highest BCUT2D eigenvalue weighted by atomic mass is 32.2. The Labute approximate surface area is 161 Å². The molecule has 1 aromatic heterocycles. The first-order valence-electron chi connectivity index (χ1n) is 8.46. The predicted octanol–water partition coefficient (Wildman–Crippen LogP) is 2.96. The Kier molecular flexibility index (Phi) is 5.51. The van der Waals surface area contributed by atoms with Gasteiger partial charge in [0.2, 0.25) is 5.91 Å². The molecular formula is C20H21N3O3S. The van der Waals surface area contributed by atoms with Crippen LogP contribution in [0.4, 0.5) is 0 Å². The number of hydrogen-bond donors (Lipinski definition) is 0. The van der Waals surface area contributed by atoms with Crippen molar-refractivity contribution in [2.75, 3.05) is 21.2 Å². The van der Waals surface area contributed by atoms with Crippen molar-refractivity contribution in [3.8, 4) is 11.4 Å². The number of aromatic nitrogens is 2. The summed E-state index contributed by atoms with van der Waals surface area (Å²) >= 11 is 1.26. The molecule has 2 aromatic carbocycles. The van der Waals surface area contributed by atoms with Crippen LogP contribution in [0.15, 0.2) is 58.5 Å². The van der Waals surface area contributed by atoms with E-state index in [9.17, 15) is 9.59 Å². The fraction of sp³-hybridized carbons (Fsp3) is 0.250. The van der Waals surface area contributed by atoms with E-state index in [0.29, 0.717) is 27.5 Å². The van der Waals surface area contributed by atoms with Crippen LogP contribution in [0, 0.1) is 0 Å². The second-order valence-electron chi connectivity index (χ2n) is 6.25. The van der Waals surface area contributed by atoms with E-state index in [1.54, 1.807) is 39.4 Å². The molecule has 3 rings (SSSR count). The minimum absolute atomic E-state index is 0.0420. The molecule has 0 aliphatic heterocycles. The van der Waals surface area contributed by atoms with Crippen molar-refractivity contribution in [3.05, 3.63) is 58.9 Å². The maximum Gasteiger partial charge on any atom is 0.266 e. The zero-order valence-corrected chi connectivity index (χ0v) is 16.5. The van der Waals surface area contributed by atoms with Crippen LogP contribution < -0.4 is 10.3 Å². The van der Waals surface area contributed by atoms with Gasteiger partial charge in [0.1, 0.15) is 5.75 Å². The summed E-state index contributed by atoms with van der Waals surface area (Å²) in [4.78, 5) is 31.7. The van der Waals surface area contributed by atoms with Crippen molar-refractivity contribution in [1.82, 2.24) is 14.5 Å². The van der Waals surface area contributed by atoms with Crippen molar-refractivity contribution in [1.29, 1.82) is 0 Å². The molecular weight excluding hydrogens is 362 g/mol. The van der Waals surface area contributed by atoms with Crippen LogP contribution in [0.25, 0.3) is 16.6 Å². The standard InChI is InChI=1S/C20H21N3O3S/c1-13(18(24)22(2)3)27-20-21-17-11-6-5-10-16(17)19(25)23(20)14-8-7-9-15(12-14)26-4/h5-13H,1-4H3/t13-/m0/s1. The minimum atomic E-state index is -0.384. The second-order valence-corrected chi connectivity index (χ2v) is 7.55. The number of amides is 1. The van der Waals surface area contributed by atoms with Gasteiger partial charge in [-0.05, 0) is 31.2 Å². The lowest BCUT2D eigenvalue weighted by atomic mass is 10.2. The number of thioether (sulfide) groups is 1. The van der Waals surface area contributed by atoms with Gasteiger partial charge in [-0.25, -0.2) is 4.98 Å². The van der Waals surface area contributed by atoms with Crippen LogP contribution in [0.3, 0.4) is 0 Å². The van der Waals surface area contributed by atoms with Gasteiger partial charge in [0.05, 0.1) is 29.0 Å². The maximum absolute atomic E-state index is 13.2. The normalized spacial score (nSPS) is 12.0. The lowest BCUT2D eigenvalue weighted by Gasteiger charge is -2.19. The maximum atomic E-state index is 13.2. The largest absolute Gasteiger partial charge is 0.497 e. The molecule has 0 saturated heterocycles. The lowest BCUT2D eigenvalue weighted by molar-refractivity contribution is -0.127. The van der Waals surface area contributed by atoms with Gasteiger partial charge in [0.25, 0.3) is 5.56 Å². The van der Waals surface area contributed by atoms with Crippen LogP contribution in [-0.4, -0.2) is 46.8 Å². The Morgan fingerprint density at radius 3 is 2.63 bits per heavy atom. The third kappa shape index (κ3) is 3.83. The molecule has 0 bridgehead atoms. The van der Waals surface area contributed by atoms with E-state index in [4.69, 9.17) is 4.74 Å². The third-order valence-electron chi connectivity index (χ3n) is 4.13. The number of benzene rings is 2. The van der Waals surface area contributed by atoms with E-state index < -0.39 is 0 Å². The SMILES string of the molecule is COc1cccc(-n2c(S[C@@H](C)C(=O)N(C)C)nc3ccccc3c2=O)c1. The van der Waals surface area contributed by atoms with Gasteiger partial charge in [-0.3, -0.25) is 14.2 Å². The number of para-hydroxylation sites is 1. The quantitative estimate of drug-likeness (QED) is 0.501. The van der Waals surface area contributed by atoms with Gasteiger partial charge in [0.15, 0.2) is 5.16 Å². The minimum Gasteiger partial charge on any atom is -0.497 e. The number of hydrogen-bond acceptors (Lipinski definition) is 5. The van der Waals surface area contributed by atoms with Crippen molar-refractivity contribution in [3.63, 3.8) is 0 Å². The Balaban J connectivity index is 2.21. The first-order valence-corrected chi connectivity index (χ1v) is 9.34. The van der Waals surface area contributed by atoms with Crippen LogP contribution in [-0.2, 0) is 4.79 Å². The summed E-state index contributed by atoms with van der Waals surface area (Å²) < 4.78 is 6.83. The number of ether oxygens (including phenoxy) is 1. The smallest absolute Gasteiger partial charge is 0.266 e. The summed E-state index contributed by atoms with van der Waals surface area (Å²) in [5, 5.41) is 0.607. The van der Waals surface area contributed by atoms with Gasteiger partial charge >= 0.3 is 0 Å². The highest BCUT2D eigenvalue weighted by Gasteiger charge is 2.21. The summed E-state index contributed by atoms with van der Waals surface area (Å²) in [6.07, 6.45) is 0. The second kappa shape index (κ2) is 7.84. The molecule has 6 nitrogen and oxygen atoms in total. The summed E-state index contributed by atoms with van der Waals surface area (Å²) in [5.74, 6) is 0.598. The van der Waals surface area contributed by atoms with Crippen LogP contribution >= 0.6 is 11.8 Å². The van der Waals surface area contributed by atoms with Crippen LogP contribution in [0.2, 0.25) is 0 Å². The molecule has 0 N–H and O–H groups in total. The first-order chi connectivity index (χ1) is 12.9. The van der Waals surface area contributed by atoms with Crippen LogP contribution in [0.5, 0.6) is 5.75 Å². The van der Waals surface area contributed by atoms with E-state index in [1.165, 1.54) is 21.2 Å². The Morgan fingerprint density at radius 1 is 1.19 bits per heavy atom. The summed E-state index contributed by atoms with van der Waals surface area (Å²) in [7, 11) is 5.00. The van der Waals surface area contributed by atoms with Crippen molar-refractivity contribution in [2.45, 2.75) is 17.3 Å². The first kappa shape index (κ1) is 19.0. The van der Waals surface area contributed by atoms with E-state index in [-0.39, 0.29) is 16.7 Å². The number of fused-ring (bicyclic) bond motifs is 1. The highest BCUT2D eigenvalue weighted by Crippen LogP contribution is 2.27. The third-order valence-corrected chi connectivity index (χ3v) is 5.17. The van der Waals surface area contributed by atoms with Crippen molar-refractivity contribution in [2.24, 2.45) is 0 Å². The fourth-order valence-electron chi connectivity index (χ4n) is 2.74. The molecule has 140 valence electrons. The van der Waals surface area contributed by atoms with E-state index in [0.717, 1.165) is 0 Å². The molecule has 0 spiro atoms. The summed E-state index contributed by atoms with van der Waals surface area (Å²) in [6.45, 7) is 1.81. The monoisotopic (exact) mass is 383 g/mol. The molecule has 1 atom stereocenters. The molecule has 0 aliphatic carbocycles. The van der Waals surface area contributed by atoms with Gasteiger partial charge in [-0.2, -0.15) is 0 Å². The average Bonchev–Trinajstić information content (AvgIpc) is 2.67. The van der Waals surface area contributed by atoms with Gasteiger partial charge < -0.3 is 9.64 Å². The predicted molar refractivity (Wildman–Crippen MR) is 108 cm³/mol. The van der Waals surface area contributed by atoms with Gasteiger partial charge in [-0.1, -0.05) is 30.0 Å². The molecule has 0 fully saturated rings. The Morgan fingerprint density at radius 2 is 1.93 bits per heavy atom. The lowest BCUT2D eigenvalue weighted by Crippen LogP contribution is -2.31. The number of rotatable bonds is 5. The molecule has 7 heteroatoms. The Hall–Kier alpha value is -2.80. The topological polar surface area (TPSA) is 64.4 Å². The number of carbonyl (C=O) groups excluding carboxylic acids is 1. The molecule has 0 aliphatic rings. The number of nitrogens with zero attached hydrogens (tertiary/aromatic N) is 3. The number of methoxy groups -OCH3 is 1. The summed E-state index contributed by atoms with van der Waals surface area (Å²) in [5.41, 5.74) is 1.07. The molecule has 3 aromatic rings. The molecule has 0 saturated carbocycles. The molecule has 1 heterocycles. The van der Waals surface area contributed by atoms with Gasteiger partial charge in [0, 0.05) is 20.2 Å².